The van der Waals surface area contributed by atoms with Crippen LogP contribution in [0.15, 0.2) is 71.1 Å². The summed E-state index contributed by atoms with van der Waals surface area (Å²) < 4.78 is 33.2. The van der Waals surface area contributed by atoms with Gasteiger partial charge in [-0.1, -0.05) is 22.3 Å². The molecule has 0 atom stereocenters. The number of halogens is 2. The third-order valence-corrected chi connectivity index (χ3v) is 8.54. The molecule has 0 spiro atoms. The van der Waals surface area contributed by atoms with E-state index >= 15 is 0 Å². The van der Waals surface area contributed by atoms with Gasteiger partial charge in [0, 0.05) is 26.1 Å². The fourth-order valence-electron chi connectivity index (χ4n) is 3.82. The summed E-state index contributed by atoms with van der Waals surface area (Å²) in [7, 11) is -0.299. The molecule has 8 N–H and O–H groups in total. The molecule has 1 aliphatic heterocycles. The van der Waals surface area contributed by atoms with Gasteiger partial charge in [0.25, 0.3) is 0 Å². The van der Waals surface area contributed by atoms with E-state index in [9.17, 15) is 0 Å². The molecule has 0 bridgehead atoms. The summed E-state index contributed by atoms with van der Waals surface area (Å²) in [6.07, 6.45) is 17.5. The smallest absolute Gasteiger partial charge is 0.490 e. The van der Waals surface area contributed by atoms with E-state index in [-0.39, 0.29) is 40.6 Å². The Balaban J connectivity index is -0.000000699. The van der Waals surface area contributed by atoms with Crippen molar-refractivity contribution >= 4 is 68.3 Å². The third kappa shape index (κ3) is 27.4. The first-order chi connectivity index (χ1) is 28.1. The van der Waals surface area contributed by atoms with Gasteiger partial charge >= 0.3 is 7.12 Å². The van der Waals surface area contributed by atoms with Crippen LogP contribution in [-0.2, 0) is 41.1 Å². The van der Waals surface area contributed by atoms with Crippen LogP contribution in [0.4, 0.5) is 23.3 Å². The number of ether oxygens (including phenoxy) is 4. The number of aromatic nitrogens is 8. The lowest BCUT2D eigenvalue weighted by Crippen LogP contribution is -2.41. The monoisotopic (exact) mass is 996 g/mol. The van der Waals surface area contributed by atoms with Gasteiger partial charge < -0.3 is 51.2 Å². The molecule has 1 saturated heterocycles. The molecule has 62 heavy (non-hydrogen) atoms. The molecule has 0 saturated carbocycles. The van der Waals surface area contributed by atoms with Gasteiger partial charge in [0.2, 0.25) is 0 Å². The zero-order valence-electron chi connectivity index (χ0n) is 35.2. The zero-order valence-corrected chi connectivity index (χ0v) is 38.3. The lowest BCUT2D eigenvalue weighted by molar-refractivity contribution is 0.00578. The van der Waals surface area contributed by atoms with Crippen molar-refractivity contribution in [2.24, 2.45) is 0 Å². The summed E-state index contributed by atoms with van der Waals surface area (Å²) in [6, 6.07) is 0. The van der Waals surface area contributed by atoms with Gasteiger partial charge in [-0.15, -0.1) is 0 Å². The number of nitrogens with two attached hydrogens (primary N) is 4. The van der Waals surface area contributed by atoms with Crippen molar-refractivity contribution in [1.29, 1.82) is 0 Å². The van der Waals surface area contributed by atoms with Crippen LogP contribution in [0.1, 0.15) is 94.8 Å². The van der Waals surface area contributed by atoms with Crippen LogP contribution in [0.3, 0.4) is 0 Å². The van der Waals surface area contributed by atoms with Gasteiger partial charge in [0.15, 0.2) is 5.82 Å². The Kier molecular flexibility index (Phi) is 34.9. The molecule has 0 aliphatic carbocycles. The van der Waals surface area contributed by atoms with Gasteiger partial charge in [-0.05, 0) is 99.3 Å². The highest BCUT2D eigenvalue weighted by Gasteiger charge is 2.50. The minimum Gasteiger partial charge on any atom is -0.502 e. The maximum atomic E-state index is 5.72. The first kappa shape index (κ1) is 61.8. The van der Waals surface area contributed by atoms with Crippen LogP contribution in [0.25, 0.3) is 6.08 Å². The van der Waals surface area contributed by atoms with E-state index < -0.39 is 0 Å². The molecule has 348 valence electrons. The van der Waals surface area contributed by atoms with Crippen LogP contribution in [0.2, 0.25) is 0 Å². The van der Waals surface area contributed by atoms with Gasteiger partial charge in [0.1, 0.15) is 26.7 Å². The van der Waals surface area contributed by atoms with E-state index in [1.165, 1.54) is 12.4 Å². The van der Waals surface area contributed by atoms with Gasteiger partial charge in [-0.2, -0.15) is 0 Å². The SMILES string of the molecule is C.C.C.CCO/C=C/B1OC(C)(C)C(C)(C)O1.CCO/C=C/c1cnc(N)cn1.CCOCCc1cnc(N)c(Br)n1.CCOCCc1cnc(N)cn1.Nc1cnc(Br)cn1. The van der Waals surface area contributed by atoms with Crippen molar-refractivity contribution in [3.63, 3.8) is 0 Å². The van der Waals surface area contributed by atoms with Crippen molar-refractivity contribution in [3.05, 3.63) is 88.2 Å². The normalized spacial score (nSPS) is 12.8. The number of anilines is 4. The maximum absolute atomic E-state index is 5.72. The van der Waals surface area contributed by atoms with E-state index in [0.29, 0.717) is 58.9 Å². The second-order valence-corrected chi connectivity index (χ2v) is 14.2. The molecule has 0 aromatic carbocycles. The van der Waals surface area contributed by atoms with Gasteiger partial charge in [0.05, 0.1) is 111 Å². The molecule has 0 amide bonds. The number of rotatable bonds is 14. The number of hydrogen-bond acceptors (Lipinski definition) is 18. The van der Waals surface area contributed by atoms with E-state index in [1.807, 2.05) is 55.4 Å². The first-order valence-electron chi connectivity index (χ1n) is 18.8. The number of nitrogens with zero attached hydrogens (tertiary/aromatic N) is 8. The number of nitrogen functional groups attached to an aromatic ring is 4. The van der Waals surface area contributed by atoms with Crippen LogP contribution < -0.4 is 22.9 Å². The molecule has 0 unspecified atom stereocenters. The van der Waals surface area contributed by atoms with Crippen LogP contribution in [0.5, 0.6) is 0 Å². The van der Waals surface area contributed by atoms with Crippen molar-refractivity contribution < 1.29 is 28.3 Å². The third-order valence-electron chi connectivity index (χ3n) is 7.55. The summed E-state index contributed by atoms with van der Waals surface area (Å²) in [4.78, 5) is 31.6. The highest BCUT2D eigenvalue weighted by Crippen LogP contribution is 2.36. The minimum atomic E-state index is -0.299. The average Bonchev–Trinajstić information content (AvgIpc) is 3.42. The molecular weight excluding hydrogens is 927 g/mol. The first-order valence-corrected chi connectivity index (χ1v) is 20.4. The predicted octanol–water partition coefficient (Wildman–Crippen LogP) is 8.00. The highest BCUT2D eigenvalue weighted by molar-refractivity contribution is 9.10. The fraction of sp³-hybridized carbons (Fsp3) is 0.512. The maximum Gasteiger partial charge on any atom is 0.490 e. The minimum absolute atomic E-state index is 0. The van der Waals surface area contributed by atoms with E-state index in [4.69, 9.17) is 51.2 Å². The Morgan fingerprint density at radius 3 is 1.52 bits per heavy atom. The molecule has 4 aromatic heterocycles. The van der Waals surface area contributed by atoms with Gasteiger partial charge in [-0.25, -0.2) is 29.9 Å². The van der Waals surface area contributed by atoms with E-state index in [0.717, 1.165) is 43.1 Å². The van der Waals surface area contributed by atoms with Crippen molar-refractivity contribution in [3.8, 4) is 0 Å². The summed E-state index contributed by atoms with van der Waals surface area (Å²) in [5.41, 5.74) is 23.4. The quantitative estimate of drug-likeness (QED) is 0.0529. The Hall–Kier alpha value is -4.54. The average molecular weight is 999 g/mol. The van der Waals surface area contributed by atoms with Crippen LogP contribution in [0, 0.1) is 0 Å². The topological polar surface area (TPSA) is 263 Å². The second-order valence-electron chi connectivity index (χ2n) is 12.7. The molecular formula is C41H71BBr2N12O6. The molecule has 5 heterocycles. The molecule has 1 fully saturated rings. The lowest BCUT2D eigenvalue weighted by atomic mass is 9.90. The summed E-state index contributed by atoms with van der Waals surface area (Å²) in [6.45, 7) is 20.0. The van der Waals surface area contributed by atoms with Crippen LogP contribution >= 0.6 is 31.9 Å². The van der Waals surface area contributed by atoms with E-state index in [1.54, 1.807) is 55.6 Å². The fourth-order valence-corrected chi connectivity index (χ4v) is 4.35. The molecule has 18 nitrogen and oxygen atoms in total. The van der Waals surface area contributed by atoms with Crippen molar-refractivity contribution in [2.45, 2.75) is 102 Å². The Labute approximate surface area is 387 Å². The summed E-state index contributed by atoms with van der Waals surface area (Å²) >= 11 is 6.33. The molecule has 5 rings (SSSR count). The second kappa shape index (κ2) is 35.0. The molecule has 21 heteroatoms. The Morgan fingerprint density at radius 1 is 0.597 bits per heavy atom. The van der Waals surface area contributed by atoms with E-state index in [2.05, 4.69) is 71.7 Å². The molecule has 1 aliphatic rings. The molecule has 4 aromatic rings. The van der Waals surface area contributed by atoms with Crippen molar-refractivity contribution in [2.75, 3.05) is 62.6 Å². The highest BCUT2D eigenvalue weighted by atomic mass is 79.9. The predicted molar refractivity (Wildman–Crippen MR) is 259 cm³/mol. The summed E-state index contributed by atoms with van der Waals surface area (Å²) in [5, 5.41) is 0. The Bertz CT molecular complexity index is 1730. The number of hydrogen-bond donors (Lipinski definition) is 4. The van der Waals surface area contributed by atoms with Crippen molar-refractivity contribution in [1.82, 2.24) is 39.9 Å². The standard InChI is InChI=1S/C10H19BO3.C8H12BrN3O.C8H13N3O.C8H11N3O.C4H4BrN3.3CH4/c1-6-12-8-7-11-13-9(2,3)10(4,5)14-11;1-2-13-4-3-6-5-11-8(10)7(9)12-6;2*1-2-12-4-3-7-5-11-8(9)6-10-7;5-3-1-8-4(6)2-7-3;;;/h7-8H,6H2,1-5H3;5H,2-4H2,1H3,(H2,10,11);5-6H,2-4H2,1H3,(H2,9,11);3-6H,2H2,1H3,(H2,9,11);1-2H,(H2,6,8);3*1H4/b8-7+;;;4-3+;;;;. The van der Waals surface area contributed by atoms with Crippen LogP contribution in [-0.4, -0.2) is 97.8 Å². The largest absolute Gasteiger partial charge is 0.502 e. The molecule has 0 radical (unpaired) electrons. The van der Waals surface area contributed by atoms with Gasteiger partial charge in [-0.3, -0.25) is 9.97 Å². The summed E-state index contributed by atoms with van der Waals surface area (Å²) in [5.74, 6) is 3.52. The zero-order chi connectivity index (χ0) is 44.1. The lowest BCUT2D eigenvalue weighted by Gasteiger charge is -2.32. The Morgan fingerprint density at radius 2 is 1.08 bits per heavy atom.